The van der Waals surface area contributed by atoms with Gasteiger partial charge in [0, 0.05) is 22.3 Å². The number of nitrogens with zero attached hydrogens (tertiary/aromatic N) is 4. The first kappa shape index (κ1) is 20.8. The Kier molecular flexibility index (Phi) is 3.97. The Morgan fingerprint density at radius 1 is 0.579 bits per heavy atom. The fraction of sp³-hybridized carbons (Fsp3) is 0.154. The summed E-state index contributed by atoms with van der Waals surface area (Å²) in [5, 5.41) is 6.74. The lowest BCUT2D eigenvalue weighted by atomic mass is 9.87. The molecule has 0 amide bonds. The second-order valence-corrected chi connectivity index (χ2v) is 11.9. The number of fused-ring (bicyclic) bond motifs is 8. The molecular formula is C26H16N8O2S2. The van der Waals surface area contributed by atoms with Crippen molar-refractivity contribution in [3.63, 3.8) is 0 Å². The van der Waals surface area contributed by atoms with E-state index in [1.807, 2.05) is 36.4 Å². The molecule has 2 unspecified atom stereocenters. The highest BCUT2D eigenvalue weighted by Gasteiger charge is 2.46. The minimum atomic E-state index is -0.358. The lowest BCUT2D eigenvalue weighted by molar-refractivity contribution is -0.113. The van der Waals surface area contributed by atoms with E-state index >= 15 is 0 Å². The zero-order valence-corrected chi connectivity index (χ0v) is 21.0. The van der Waals surface area contributed by atoms with Gasteiger partial charge in [0.2, 0.25) is 10.2 Å². The van der Waals surface area contributed by atoms with Gasteiger partial charge in [-0.1, -0.05) is 47.8 Å². The van der Waals surface area contributed by atoms with Gasteiger partial charge in [0.25, 0.3) is 0 Å². The van der Waals surface area contributed by atoms with Crippen LogP contribution in [-0.2, 0) is 9.59 Å². The number of anilines is 2. The molecule has 9 aliphatic rings. The third kappa shape index (κ3) is 2.81. The number of nitrogens with one attached hydrogen (secondary N) is 4. The quantitative estimate of drug-likeness (QED) is 0.375. The zero-order valence-electron chi connectivity index (χ0n) is 19.4. The number of aromatic amines is 2. The first-order chi connectivity index (χ1) is 18.6. The summed E-state index contributed by atoms with van der Waals surface area (Å²) in [6.07, 6.45) is 8.04. The highest BCUT2D eigenvalue weighted by molar-refractivity contribution is 8.15. The van der Waals surface area contributed by atoms with Crippen LogP contribution in [0.4, 0.5) is 23.3 Å². The number of H-pyrrole nitrogens is 2. The summed E-state index contributed by atoms with van der Waals surface area (Å²) in [6.45, 7) is 0. The number of amidine groups is 4. The minimum absolute atomic E-state index is 0.119. The Bertz CT molecular complexity index is 1660. The third-order valence-electron chi connectivity index (χ3n) is 7.45. The van der Waals surface area contributed by atoms with E-state index in [9.17, 15) is 9.59 Å². The van der Waals surface area contributed by atoms with Crippen LogP contribution in [0.25, 0.3) is 0 Å². The number of allylic oxidation sites excluding steroid dienone is 2. The molecule has 9 heterocycles. The fourth-order valence-corrected chi connectivity index (χ4v) is 8.05. The van der Waals surface area contributed by atoms with Crippen molar-refractivity contribution in [2.75, 3.05) is 10.6 Å². The van der Waals surface area contributed by atoms with Crippen LogP contribution in [-0.4, -0.2) is 54.0 Å². The van der Waals surface area contributed by atoms with E-state index in [0.717, 1.165) is 22.3 Å². The molecule has 38 heavy (non-hydrogen) atoms. The molecule has 11 rings (SSSR count). The molecule has 12 heteroatoms. The summed E-state index contributed by atoms with van der Waals surface area (Å²) in [5.41, 5.74) is 3.68. The lowest BCUT2D eigenvalue weighted by Crippen LogP contribution is -2.33. The van der Waals surface area contributed by atoms with Crippen LogP contribution in [0.3, 0.4) is 0 Å². The van der Waals surface area contributed by atoms with E-state index in [0.29, 0.717) is 46.6 Å². The summed E-state index contributed by atoms with van der Waals surface area (Å²) in [4.78, 5) is 51.4. The van der Waals surface area contributed by atoms with Crippen LogP contribution < -0.4 is 10.6 Å². The maximum Gasteiger partial charge on any atom is 0.201 e. The highest BCUT2D eigenvalue weighted by atomic mass is 32.2. The van der Waals surface area contributed by atoms with E-state index in [2.05, 4.69) is 32.8 Å². The molecule has 184 valence electrons. The molecule has 2 aliphatic carbocycles. The topological polar surface area (TPSA) is 139 Å². The van der Waals surface area contributed by atoms with Gasteiger partial charge in [0.05, 0.1) is 22.3 Å². The fourth-order valence-electron chi connectivity index (χ4n) is 5.82. The van der Waals surface area contributed by atoms with E-state index in [1.165, 1.54) is 23.5 Å². The van der Waals surface area contributed by atoms with Crippen molar-refractivity contribution in [1.29, 1.82) is 0 Å². The number of hydrogen-bond acceptors (Lipinski definition) is 10. The van der Waals surface area contributed by atoms with Gasteiger partial charge in [-0.25, -0.2) is 20.0 Å². The predicted octanol–water partition coefficient (Wildman–Crippen LogP) is 4.01. The van der Waals surface area contributed by atoms with Crippen molar-refractivity contribution in [2.45, 2.75) is 10.5 Å². The van der Waals surface area contributed by atoms with Crippen LogP contribution in [0.15, 0.2) is 90.8 Å². The Labute approximate surface area is 223 Å². The summed E-state index contributed by atoms with van der Waals surface area (Å²) >= 11 is 2.64. The van der Waals surface area contributed by atoms with Gasteiger partial charge in [-0.05, 0) is 24.3 Å². The first-order valence-corrected chi connectivity index (χ1v) is 13.9. The highest BCUT2D eigenvalue weighted by Crippen LogP contribution is 2.47. The Hall–Kier alpha value is -4.16. The van der Waals surface area contributed by atoms with Crippen molar-refractivity contribution in [3.8, 4) is 0 Å². The van der Waals surface area contributed by atoms with Gasteiger partial charge in [-0.15, -0.1) is 0 Å². The first-order valence-electron chi connectivity index (χ1n) is 12.1. The molecule has 4 atom stereocenters. The average molecular weight is 537 g/mol. The zero-order chi connectivity index (χ0) is 25.1. The lowest BCUT2D eigenvalue weighted by Gasteiger charge is -2.31. The number of aromatic nitrogens is 2. The van der Waals surface area contributed by atoms with Crippen molar-refractivity contribution >= 4 is 80.4 Å². The Morgan fingerprint density at radius 3 is 1.50 bits per heavy atom. The van der Waals surface area contributed by atoms with Crippen LogP contribution in [0.5, 0.6) is 0 Å². The van der Waals surface area contributed by atoms with Crippen molar-refractivity contribution < 1.29 is 9.59 Å². The predicted molar refractivity (Wildman–Crippen MR) is 150 cm³/mol. The summed E-state index contributed by atoms with van der Waals surface area (Å²) in [5.74, 6) is 4.29. The van der Waals surface area contributed by atoms with E-state index in [4.69, 9.17) is 20.0 Å². The number of carbonyl (C=O) groups is 2. The molecule has 7 aliphatic heterocycles. The second-order valence-electron chi connectivity index (χ2n) is 9.65. The summed E-state index contributed by atoms with van der Waals surface area (Å²) in [7, 11) is 0. The van der Waals surface area contributed by atoms with Crippen LogP contribution in [0, 0.1) is 11.8 Å². The molecule has 0 saturated carbocycles. The van der Waals surface area contributed by atoms with E-state index < -0.39 is 0 Å². The normalized spacial score (nSPS) is 29.6. The van der Waals surface area contributed by atoms with Crippen LogP contribution >= 0.6 is 23.5 Å². The third-order valence-corrected chi connectivity index (χ3v) is 9.72. The molecule has 2 aromatic rings. The van der Waals surface area contributed by atoms with Crippen LogP contribution in [0.2, 0.25) is 0 Å². The monoisotopic (exact) mass is 536 g/mol. The smallest absolute Gasteiger partial charge is 0.201 e. The van der Waals surface area contributed by atoms with Gasteiger partial charge in [-0.2, -0.15) is 0 Å². The standard InChI is InChI=1S/C26H16N8O2S2/c35-25-9-1-3-11(37-25)19-17(9)21-29-13-5-7-16(27-13)32-24-20-12-4-2-10(26(36)38-12)18(20)22(34-24)30-14-6-8-15(28-14)31-23(19)33-21/h1-12H,(H4,27,28,29,30,31,32,33,34)/t9-,10?,11-,12?/m0/s1. The summed E-state index contributed by atoms with van der Waals surface area (Å²) in [6, 6.07) is 7.51. The molecular weight excluding hydrogens is 520 g/mol. The molecule has 0 saturated heterocycles. The average Bonchev–Trinajstić information content (AvgIpc) is 3.69. The number of hydrogen-bond donors (Lipinski definition) is 4. The second kappa shape index (κ2) is 7.23. The van der Waals surface area contributed by atoms with Gasteiger partial charge in [0.15, 0.2) is 11.7 Å². The van der Waals surface area contributed by atoms with Gasteiger partial charge >= 0.3 is 0 Å². The molecule has 2 aromatic heterocycles. The van der Waals surface area contributed by atoms with Gasteiger partial charge < -0.3 is 20.6 Å². The van der Waals surface area contributed by atoms with Crippen molar-refractivity contribution in [2.24, 2.45) is 31.8 Å². The largest absolute Gasteiger partial charge is 0.326 e. The van der Waals surface area contributed by atoms with E-state index in [-0.39, 0.29) is 32.6 Å². The molecule has 12 bridgehead atoms. The minimum Gasteiger partial charge on any atom is -0.326 e. The van der Waals surface area contributed by atoms with Gasteiger partial charge in [0.1, 0.15) is 34.9 Å². The number of thioether (sulfide) groups is 2. The Balaban J connectivity index is 1.21. The van der Waals surface area contributed by atoms with Crippen molar-refractivity contribution in [1.82, 2.24) is 9.97 Å². The maximum atomic E-state index is 12.7. The number of carbonyl (C=O) groups excluding carboxylic acids is 2. The molecule has 0 spiro atoms. The van der Waals surface area contributed by atoms with E-state index in [1.54, 1.807) is 0 Å². The Morgan fingerprint density at radius 2 is 1.05 bits per heavy atom. The molecule has 0 fully saturated rings. The molecule has 0 aromatic carbocycles. The number of rotatable bonds is 0. The van der Waals surface area contributed by atoms with Crippen LogP contribution in [0.1, 0.15) is 0 Å². The molecule has 0 radical (unpaired) electrons. The molecule has 4 N–H and O–H groups in total. The van der Waals surface area contributed by atoms with Gasteiger partial charge in [-0.3, -0.25) is 9.59 Å². The molecule has 10 nitrogen and oxygen atoms in total. The SMILES string of the molecule is O=C1SC2C=CC1C1=C2C2=Nc3ccc([nH]3)NC3=NC(=Nc4ccc([nH]4)NC1=N2)C1=C3[C@@H]2C=C[C@@H]1SC2=O. The van der Waals surface area contributed by atoms with Crippen molar-refractivity contribution in [3.05, 3.63) is 70.9 Å². The maximum absolute atomic E-state index is 12.7. The number of aliphatic imine (C=N–C) groups is 4. The summed E-state index contributed by atoms with van der Waals surface area (Å²) < 4.78 is 0.